The van der Waals surface area contributed by atoms with Crippen molar-refractivity contribution in [1.29, 1.82) is 0 Å². The summed E-state index contributed by atoms with van der Waals surface area (Å²) in [7, 11) is -1.03. The van der Waals surface area contributed by atoms with E-state index in [2.05, 4.69) is 11.2 Å². The van der Waals surface area contributed by atoms with Gasteiger partial charge in [-0.2, -0.15) is 0 Å². The molecule has 1 N–H and O–H groups in total. The van der Waals surface area contributed by atoms with Crippen LogP contribution in [0.15, 0.2) is 35.7 Å². The average molecular weight is 138 g/mol. The maximum Gasteiger partial charge on any atom is 0.597 e. The summed E-state index contributed by atoms with van der Waals surface area (Å²) in [5.74, 6) is 0. The minimum atomic E-state index is -1.03. The molecule has 52 valence electrons. The first-order chi connectivity index (χ1) is 4.84. The summed E-state index contributed by atoms with van der Waals surface area (Å²) < 4.78 is 9.44. The van der Waals surface area contributed by atoms with Gasteiger partial charge < -0.3 is 14.1 Å². The molecule has 0 aliphatic carbocycles. The first-order valence-corrected chi connectivity index (χ1v) is 2.82. The molecule has 1 heterocycles. The molecule has 0 saturated heterocycles. The summed E-state index contributed by atoms with van der Waals surface area (Å²) in [5, 5.41) is 9.02. The van der Waals surface area contributed by atoms with Crippen LogP contribution in [0.25, 0.3) is 0 Å². The molecule has 0 unspecified atom stereocenters. The Kier molecular flexibility index (Phi) is 2.17. The number of rotatable bonds is 3. The van der Waals surface area contributed by atoms with Crippen molar-refractivity contribution in [2.75, 3.05) is 0 Å². The number of hydrogen-bond acceptors (Lipinski definition) is 3. The van der Waals surface area contributed by atoms with Gasteiger partial charge >= 0.3 is 7.12 Å². The quantitative estimate of drug-likeness (QED) is 0.476. The highest BCUT2D eigenvalue weighted by molar-refractivity contribution is 6.58. The van der Waals surface area contributed by atoms with Crippen molar-refractivity contribution in [3.8, 4) is 0 Å². The highest BCUT2D eigenvalue weighted by atomic mass is 16.5. The van der Waals surface area contributed by atoms with Gasteiger partial charge in [-0.05, 0) is 12.1 Å². The lowest BCUT2D eigenvalue weighted by Gasteiger charge is -1.98. The molecule has 0 radical (unpaired) electrons. The van der Waals surface area contributed by atoms with Gasteiger partial charge in [0.15, 0.2) is 0 Å². The third-order valence-corrected chi connectivity index (χ3v) is 1.01. The summed E-state index contributed by atoms with van der Waals surface area (Å²) in [4.78, 5) is 0. The molecule has 0 saturated carbocycles. The van der Waals surface area contributed by atoms with Crippen LogP contribution < -0.4 is 5.66 Å². The molecule has 1 rings (SSSR count). The predicted octanol–water partition coefficient (Wildman–Crippen LogP) is 0.127. The van der Waals surface area contributed by atoms with Crippen LogP contribution in [0.5, 0.6) is 0 Å². The van der Waals surface area contributed by atoms with Crippen LogP contribution in [-0.4, -0.2) is 12.1 Å². The highest BCUT2D eigenvalue weighted by Gasteiger charge is 2.19. The van der Waals surface area contributed by atoms with Crippen LogP contribution in [0, 0.1) is 0 Å². The third-order valence-electron chi connectivity index (χ3n) is 1.01. The molecule has 0 bridgehead atoms. The smallest absolute Gasteiger partial charge is 0.537 e. The Morgan fingerprint density at radius 2 is 2.60 bits per heavy atom. The molecule has 0 atom stereocenters. The van der Waals surface area contributed by atoms with Crippen LogP contribution >= 0.6 is 0 Å². The Balaban J connectivity index is 2.58. The van der Waals surface area contributed by atoms with Gasteiger partial charge in [0, 0.05) is 0 Å². The van der Waals surface area contributed by atoms with Crippen molar-refractivity contribution < 1.29 is 14.1 Å². The minimum absolute atomic E-state index is 0.375. The van der Waals surface area contributed by atoms with Crippen molar-refractivity contribution in [2.45, 2.75) is 0 Å². The molecule has 0 spiro atoms. The zero-order chi connectivity index (χ0) is 7.40. The van der Waals surface area contributed by atoms with Crippen LogP contribution in [0.4, 0.5) is 0 Å². The van der Waals surface area contributed by atoms with E-state index in [0.29, 0.717) is 5.66 Å². The van der Waals surface area contributed by atoms with E-state index in [4.69, 9.17) is 9.44 Å². The van der Waals surface area contributed by atoms with Crippen LogP contribution in [0.3, 0.4) is 0 Å². The van der Waals surface area contributed by atoms with Crippen molar-refractivity contribution in [2.24, 2.45) is 0 Å². The van der Waals surface area contributed by atoms with E-state index in [1.54, 1.807) is 12.1 Å². The predicted molar refractivity (Wildman–Crippen MR) is 37.6 cm³/mol. The van der Waals surface area contributed by atoms with Gasteiger partial charge in [-0.1, -0.05) is 6.58 Å². The second-order valence-corrected chi connectivity index (χ2v) is 1.67. The largest absolute Gasteiger partial charge is 0.597 e. The van der Waals surface area contributed by atoms with Gasteiger partial charge in [0.2, 0.25) is 0 Å². The van der Waals surface area contributed by atoms with E-state index in [1.807, 2.05) is 0 Å². The Morgan fingerprint density at radius 1 is 1.80 bits per heavy atom. The number of furan rings is 1. The molecule has 4 heteroatoms. The Bertz CT molecular complexity index is 195. The van der Waals surface area contributed by atoms with Crippen LogP contribution in [0.1, 0.15) is 0 Å². The SMILES string of the molecule is C=COB(O)c1ccco1. The molecule has 10 heavy (non-hydrogen) atoms. The van der Waals surface area contributed by atoms with Crippen molar-refractivity contribution in [1.82, 2.24) is 0 Å². The van der Waals surface area contributed by atoms with Crippen molar-refractivity contribution >= 4 is 12.8 Å². The molecular weight excluding hydrogens is 131 g/mol. The second-order valence-electron chi connectivity index (χ2n) is 1.67. The summed E-state index contributed by atoms with van der Waals surface area (Å²) in [6.07, 6.45) is 2.62. The van der Waals surface area contributed by atoms with E-state index >= 15 is 0 Å². The van der Waals surface area contributed by atoms with Crippen LogP contribution in [0.2, 0.25) is 0 Å². The molecule has 1 aromatic rings. The van der Waals surface area contributed by atoms with E-state index in [0.717, 1.165) is 6.26 Å². The molecule has 3 nitrogen and oxygen atoms in total. The fraction of sp³-hybridized carbons (Fsp3) is 0. The third kappa shape index (κ3) is 1.42. The van der Waals surface area contributed by atoms with Crippen LogP contribution in [-0.2, 0) is 4.65 Å². The maximum atomic E-state index is 9.02. The van der Waals surface area contributed by atoms with Gasteiger partial charge in [-0.25, -0.2) is 0 Å². The summed E-state index contributed by atoms with van der Waals surface area (Å²) >= 11 is 0. The fourth-order valence-corrected chi connectivity index (χ4v) is 0.590. The first kappa shape index (κ1) is 6.96. The molecule has 0 amide bonds. The molecule has 0 fully saturated rings. The summed E-state index contributed by atoms with van der Waals surface area (Å²) in [6.45, 7) is 3.29. The monoisotopic (exact) mass is 138 g/mol. The van der Waals surface area contributed by atoms with Crippen molar-refractivity contribution in [3.05, 3.63) is 31.2 Å². The van der Waals surface area contributed by atoms with Gasteiger partial charge in [0.25, 0.3) is 0 Å². The summed E-state index contributed by atoms with van der Waals surface area (Å²) in [6, 6.07) is 3.29. The molecule has 0 aliphatic rings. The zero-order valence-corrected chi connectivity index (χ0v) is 5.36. The van der Waals surface area contributed by atoms with E-state index in [1.165, 1.54) is 6.26 Å². The van der Waals surface area contributed by atoms with E-state index in [9.17, 15) is 0 Å². The van der Waals surface area contributed by atoms with Crippen molar-refractivity contribution in [3.63, 3.8) is 0 Å². The lowest BCUT2D eigenvalue weighted by molar-refractivity contribution is 0.375. The van der Waals surface area contributed by atoms with Gasteiger partial charge in [0.1, 0.15) is 5.66 Å². The van der Waals surface area contributed by atoms with Gasteiger partial charge in [-0.3, -0.25) is 0 Å². The first-order valence-electron chi connectivity index (χ1n) is 2.82. The second kappa shape index (κ2) is 3.13. The molecule has 0 aromatic carbocycles. The zero-order valence-electron chi connectivity index (χ0n) is 5.36. The number of hydrogen-bond donors (Lipinski definition) is 1. The average Bonchev–Trinajstić information content (AvgIpc) is 2.38. The lowest BCUT2D eigenvalue weighted by Crippen LogP contribution is -2.30. The molecular formula is C6H7BO3. The molecule has 0 aliphatic heterocycles. The minimum Gasteiger partial charge on any atom is -0.537 e. The van der Waals surface area contributed by atoms with E-state index < -0.39 is 7.12 Å². The highest BCUT2D eigenvalue weighted by Crippen LogP contribution is 1.87. The Labute approximate surface area is 59.1 Å². The van der Waals surface area contributed by atoms with Gasteiger partial charge in [-0.15, -0.1) is 0 Å². The standard InChI is InChI=1S/C6H7BO3/c1-2-10-7(8)6-4-3-5-9-6/h2-5,8H,1H2. The van der Waals surface area contributed by atoms with Gasteiger partial charge in [0.05, 0.1) is 12.5 Å². The lowest BCUT2D eigenvalue weighted by atomic mass is 9.87. The normalized spacial score (nSPS) is 8.90. The summed E-state index contributed by atoms with van der Waals surface area (Å²) in [5.41, 5.74) is 0.375. The Hall–Kier alpha value is -1.16. The molecule has 1 aromatic heterocycles. The Morgan fingerprint density at radius 3 is 3.10 bits per heavy atom. The topological polar surface area (TPSA) is 42.6 Å². The van der Waals surface area contributed by atoms with E-state index in [-0.39, 0.29) is 0 Å². The maximum absolute atomic E-state index is 9.02. The fourth-order valence-electron chi connectivity index (χ4n) is 0.590.